The van der Waals surface area contributed by atoms with Gasteiger partial charge in [0.05, 0.1) is 7.11 Å². The molecule has 4 rings (SSSR count). The van der Waals surface area contributed by atoms with E-state index in [-0.39, 0.29) is 5.82 Å². The van der Waals surface area contributed by atoms with Crippen LogP contribution >= 0.6 is 0 Å². The summed E-state index contributed by atoms with van der Waals surface area (Å²) in [6.45, 7) is 1.76. The van der Waals surface area contributed by atoms with Gasteiger partial charge in [0, 0.05) is 29.2 Å². The van der Waals surface area contributed by atoms with Crippen LogP contribution < -0.4 is 10.1 Å². The highest BCUT2D eigenvalue weighted by atomic mass is 19.1. The molecule has 124 valence electrons. The van der Waals surface area contributed by atoms with E-state index in [0.717, 1.165) is 36.2 Å². The van der Waals surface area contributed by atoms with Crippen molar-refractivity contribution in [1.29, 1.82) is 0 Å². The second-order valence-electron chi connectivity index (χ2n) is 6.48. The quantitative estimate of drug-likeness (QED) is 0.713. The van der Waals surface area contributed by atoms with E-state index < -0.39 is 0 Å². The standard InChI is InChI=1S/C20H21FN2O/c1-24-20-5-3-2-4-13(20)10-22-11-14-8-16(14)18-12-23-19-7-6-15(21)9-17(18)19/h2-7,9,12,14,16,22-23H,8,10-11H2,1H3/t14-,16+/m0/s1. The van der Waals surface area contributed by atoms with E-state index in [0.29, 0.717) is 11.8 Å². The Hall–Kier alpha value is -2.33. The Bertz CT molecular complexity index is 858. The van der Waals surface area contributed by atoms with Crippen molar-refractivity contribution in [2.24, 2.45) is 5.92 Å². The van der Waals surface area contributed by atoms with E-state index in [2.05, 4.69) is 16.4 Å². The second-order valence-corrected chi connectivity index (χ2v) is 6.48. The van der Waals surface area contributed by atoms with Crippen molar-refractivity contribution in [3.05, 3.63) is 65.6 Å². The minimum atomic E-state index is -0.171. The summed E-state index contributed by atoms with van der Waals surface area (Å²) >= 11 is 0. The zero-order valence-corrected chi connectivity index (χ0v) is 13.7. The third kappa shape index (κ3) is 2.89. The molecule has 3 aromatic rings. The zero-order chi connectivity index (χ0) is 16.5. The van der Waals surface area contributed by atoms with Crippen LogP contribution in [0.15, 0.2) is 48.7 Å². The molecule has 4 heteroatoms. The molecule has 1 aromatic heterocycles. The molecule has 3 nitrogen and oxygen atoms in total. The summed E-state index contributed by atoms with van der Waals surface area (Å²) in [5.74, 6) is 1.88. The van der Waals surface area contributed by atoms with Gasteiger partial charge in [-0.05, 0) is 54.6 Å². The van der Waals surface area contributed by atoms with Gasteiger partial charge in [0.15, 0.2) is 0 Å². The van der Waals surface area contributed by atoms with E-state index in [9.17, 15) is 4.39 Å². The molecule has 0 amide bonds. The number of ether oxygens (including phenoxy) is 1. The molecule has 2 aromatic carbocycles. The summed E-state index contributed by atoms with van der Waals surface area (Å²) in [4.78, 5) is 3.25. The molecular formula is C20H21FN2O. The number of fused-ring (bicyclic) bond motifs is 1. The van der Waals surface area contributed by atoms with Gasteiger partial charge >= 0.3 is 0 Å². The summed E-state index contributed by atoms with van der Waals surface area (Å²) in [7, 11) is 1.70. The molecule has 0 aliphatic heterocycles. The number of rotatable bonds is 6. The molecule has 1 aliphatic carbocycles. The van der Waals surface area contributed by atoms with Crippen molar-refractivity contribution >= 4 is 10.9 Å². The van der Waals surface area contributed by atoms with E-state index in [1.165, 1.54) is 17.2 Å². The molecule has 2 N–H and O–H groups in total. The molecule has 1 heterocycles. The number of benzene rings is 2. The maximum absolute atomic E-state index is 13.5. The van der Waals surface area contributed by atoms with Crippen LogP contribution in [0.5, 0.6) is 5.75 Å². The Morgan fingerprint density at radius 2 is 2.12 bits per heavy atom. The molecule has 1 aliphatic rings. The Kier molecular flexibility index (Phi) is 3.98. The van der Waals surface area contributed by atoms with Gasteiger partial charge in [0.1, 0.15) is 11.6 Å². The summed E-state index contributed by atoms with van der Waals surface area (Å²) in [5.41, 5.74) is 3.43. The first-order chi connectivity index (χ1) is 11.8. The number of nitrogens with one attached hydrogen (secondary N) is 2. The fourth-order valence-corrected chi connectivity index (χ4v) is 3.52. The Morgan fingerprint density at radius 1 is 1.25 bits per heavy atom. The first-order valence-corrected chi connectivity index (χ1v) is 8.35. The molecule has 1 fully saturated rings. The van der Waals surface area contributed by atoms with E-state index in [1.807, 2.05) is 30.5 Å². The second kappa shape index (κ2) is 6.29. The average Bonchev–Trinajstić information content (AvgIpc) is 3.24. The van der Waals surface area contributed by atoms with Gasteiger partial charge in [-0.2, -0.15) is 0 Å². The lowest BCUT2D eigenvalue weighted by Crippen LogP contribution is -2.17. The summed E-state index contributed by atoms with van der Waals surface area (Å²) in [6, 6.07) is 13.0. The molecular weight excluding hydrogens is 303 g/mol. The predicted molar refractivity (Wildman–Crippen MR) is 93.8 cm³/mol. The number of H-pyrrole nitrogens is 1. The van der Waals surface area contributed by atoms with E-state index in [1.54, 1.807) is 13.2 Å². The van der Waals surface area contributed by atoms with Gasteiger partial charge in [-0.3, -0.25) is 0 Å². The summed E-state index contributed by atoms with van der Waals surface area (Å²) in [6.07, 6.45) is 3.19. The maximum atomic E-state index is 13.5. The number of aromatic amines is 1. The largest absolute Gasteiger partial charge is 0.496 e. The van der Waals surface area contributed by atoms with E-state index in [4.69, 9.17) is 4.74 Å². The lowest BCUT2D eigenvalue weighted by molar-refractivity contribution is 0.407. The Labute approximate surface area is 140 Å². The monoisotopic (exact) mass is 324 g/mol. The van der Waals surface area contributed by atoms with Crippen LogP contribution in [-0.2, 0) is 6.54 Å². The summed E-state index contributed by atoms with van der Waals surface area (Å²) < 4.78 is 18.9. The number of hydrogen-bond donors (Lipinski definition) is 2. The van der Waals surface area contributed by atoms with Crippen LogP contribution in [0.4, 0.5) is 4.39 Å². The van der Waals surface area contributed by atoms with Crippen molar-refractivity contribution in [1.82, 2.24) is 10.3 Å². The first-order valence-electron chi connectivity index (χ1n) is 8.35. The smallest absolute Gasteiger partial charge is 0.123 e. The van der Waals surface area contributed by atoms with Crippen molar-refractivity contribution in [3.8, 4) is 5.75 Å². The van der Waals surface area contributed by atoms with Crippen LogP contribution in [0, 0.1) is 11.7 Å². The number of para-hydroxylation sites is 1. The third-order valence-corrected chi connectivity index (χ3v) is 4.91. The van der Waals surface area contributed by atoms with Crippen molar-refractivity contribution in [3.63, 3.8) is 0 Å². The first kappa shape index (κ1) is 15.2. The van der Waals surface area contributed by atoms with Crippen molar-refractivity contribution in [2.75, 3.05) is 13.7 Å². The van der Waals surface area contributed by atoms with Gasteiger partial charge in [0.25, 0.3) is 0 Å². The minimum Gasteiger partial charge on any atom is -0.496 e. The molecule has 0 bridgehead atoms. The highest BCUT2D eigenvalue weighted by Crippen LogP contribution is 2.49. The third-order valence-electron chi connectivity index (χ3n) is 4.91. The number of methoxy groups -OCH3 is 1. The lowest BCUT2D eigenvalue weighted by atomic mass is 10.1. The minimum absolute atomic E-state index is 0.171. The van der Waals surface area contributed by atoms with Crippen molar-refractivity contribution < 1.29 is 9.13 Å². The number of halogens is 1. The van der Waals surface area contributed by atoms with Crippen LogP contribution in [0.2, 0.25) is 0 Å². The zero-order valence-electron chi connectivity index (χ0n) is 13.7. The maximum Gasteiger partial charge on any atom is 0.123 e. The van der Waals surface area contributed by atoms with Gasteiger partial charge < -0.3 is 15.0 Å². The fourth-order valence-electron chi connectivity index (χ4n) is 3.52. The van der Waals surface area contributed by atoms with Gasteiger partial charge in [-0.1, -0.05) is 18.2 Å². The van der Waals surface area contributed by atoms with Gasteiger partial charge in [-0.15, -0.1) is 0 Å². The fraction of sp³-hybridized carbons (Fsp3) is 0.300. The topological polar surface area (TPSA) is 37.0 Å². The highest BCUT2D eigenvalue weighted by Gasteiger charge is 2.39. The highest BCUT2D eigenvalue weighted by molar-refractivity contribution is 5.84. The van der Waals surface area contributed by atoms with Gasteiger partial charge in [-0.25, -0.2) is 4.39 Å². The molecule has 0 saturated heterocycles. The molecule has 0 unspecified atom stereocenters. The van der Waals surface area contributed by atoms with Crippen molar-refractivity contribution in [2.45, 2.75) is 18.9 Å². The molecule has 0 radical (unpaired) electrons. The molecule has 1 saturated carbocycles. The molecule has 0 spiro atoms. The van der Waals surface area contributed by atoms with Crippen LogP contribution in [0.25, 0.3) is 10.9 Å². The van der Waals surface area contributed by atoms with Crippen LogP contribution in [-0.4, -0.2) is 18.6 Å². The summed E-state index contributed by atoms with van der Waals surface area (Å²) in [5, 5.41) is 4.55. The normalized spacial score (nSPS) is 19.6. The van der Waals surface area contributed by atoms with Gasteiger partial charge in [0.2, 0.25) is 0 Å². The van der Waals surface area contributed by atoms with Crippen LogP contribution in [0.1, 0.15) is 23.5 Å². The SMILES string of the molecule is COc1ccccc1CNC[C@@H]1C[C@H]1c1c[nH]c2ccc(F)cc12. The van der Waals surface area contributed by atoms with Crippen LogP contribution in [0.3, 0.4) is 0 Å². The number of aromatic nitrogens is 1. The Balaban J connectivity index is 1.37. The average molecular weight is 324 g/mol. The Morgan fingerprint density at radius 3 is 3.00 bits per heavy atom. The van der Waals surface area contributed by atoms with E-state index >= 15 is 0 Å². The predicted octanol–water partition coefficient (Wildman–Crippen LogP) is 4.21. The number of hydrogen-bond acceptors (Lipinski definition) is 2. The lowest BCUT2D eigenvalue weighted by Gasteiger charge is -2.09. The molecule has 2 atom stereocenters. The molecule has 24 heavy (non-hydrogen) atoms.